The molecule has 4 aromatic rings. The Bertz CT molecular complexity index is 1490. The molecular formula is C26H26N4O6S. The van der Waals surface area contributed by atoms with Crippen LogP contribution in [0, 0.1) is 13.8 Å². The maximum atomic E-state index is 14.1. The van der Waals surface area contributed by atoms with E-state index in [1.807, 2.05) is 0 Å². The Hall–Kier alpha value is -3.93. The molecule has 0 bridgehead atoms. The van der Waals surface area contributed by atoms with Crippen LogP contribution in [-0.4, -0.2) is 56.9 Å². The Morgan fingerprint density at radius 1 is 1.00 bits per heavy atom. The monoisotopic (exact) mass is 522 g/mol. The van der Waals surface area contributed by atoms with E-state index in [0.29, 0.717) is 52.3 Å². The summed E-state index contributed by atoms with van der Waals surface area (Å²) in [6.07, 6.45) is 3.90. The number of aromatic nitrogens is 3. The van der Waals surface area contributed by atoms with E-state index in [1.54, 1.807) is 68.7 Å². The molecule has 0 aliphatic carbocycles. The molecule has 0 amide bonds. The number of nitrogens with zero attached hydrogens (tertiary/aromatic N) is 4. The molecule has 192 valence electrons. The lowest BCUT2D eigenvalue weighted by Gasteiger charge is -2.24. The van der Waals surface area contributed by atoms with Gasteiger partial charge in [0.25, 0.3) is 10.0 Å². The number of methoxy groups -OCH3 is 1. The van der Waals surface area contributed by atoms with E-state index in [0.717, 1.165) is 4.31 Å². The van der Waals surface area contributed by atoms with Gasteiger partial charge < -0.3 is 14.0 Å². The molecule has 37 heavy (non-hydrogen) atoms. The molecule has 0 N–H and O–H groups in total. The minimum absolute atomic E-state index is 0.0165. The fourth-order valence-corrected chi connectivity index (χ4v) is 5.25. The molecule has 2 aromatic heterocycles. The van der Waals surface area contributed by atoms with Gasteiger partial charge in [0.15, 0.2) is 17.9 Å². The number of anilines is 1. The van der Waals surface area contributed by atoms with Gasteiger partial charge in [0.05, 0.1) is 18.1 Å². The summed E-state index contributed by atoms with van der Waals surface area (Å²) in [5.41, 5.74) is 2.29. The van der Waals surface area contributed by atoms with Gasteiger partial charge in [-0.2, -0.15) is 0 Å². The zero-order valence-corrected chi connectivity index (χ0v) is 21.4. The molecule has 4 rings (SSSR count). The number of ether oxygens (including phenoxy) is 2. The maximum Gasteiger partial charge on any atom is 0.268 e. The number of carbonyl (C=O) groups is 1. The summed E-state index contributed by atoms with van der Waals surface area (Å²) in [6.45, 7) is 3.59. The Labute approximate surface area is 214 Å². The fraction of sp³-hybridized carbons (Fsp3) is 0.231. The SMILES string of the molecule is COCCOCN(c1noc(C)c1C)S(=O)(=O)c1ccccc1-c1ccc(-c2ncccn2)cc1C=O. The third-order valence-corrected chi connectivity index (χ3v) is 7.53. The third-order valence-electron chi connectivity index (χ3n) is 5.76. The average molecular weight is 523 g/mol. The molecule has 11 heteroatoms. The molecule has 0 unspecified atom stereocenters. The molecule has 0 fully saturated rings. The Morgan fingerprint density at radius 2 is 1.76 bits per heavy atom. The average Bonchev–Trinajstić information content (AvgIpc) is 3.26. The number of sulfonamides is 1. The number of rotatable bonds is 11. The fourth-order valence-electron chi connectivity index (χ4n) is 3.70. The highest BCUT2D eigenvalue weighted by atomic mass is 32.2. The smallest absolute Gasteiger partial charge is 0.268 e. The molecule has 0 aliphatic heterocycles. The molecule has 10 nitrogen and oxygen atoms in total. The molecule has 0 saturated heterocycles. The zero-order chi connectivity index (χ0) is 26.4. The second kappa shape index (κ2) is 11.4. The van der Waals surface area contributed by atoms with Gasteiger partial charge in [-0.3, -0.25) is 4.79 Å². The minimum atomic E-state index is -4.21. The zero-order valence-electron chi connectivity index (χ0n) is 20.6. The van der Waals surface area contributed by atoms with Crippen molar-refractivity contribution in [3.63, 3.8) is 0 Å². The van der Waals surface area contributed by atoms with E-state index < -0.39 is 10.0 Å². The summed E-state index contributed by atoms with van der Waals surface area (Å²) in [7, 11) is -2.69. The molecule has 0 atom stereocenters. The molecule has 0 radical (unpaired) electrons. The van der Waals surface area contributed by atoms with Crippen molar-refractivity contribution >= 4 is 22.1 Å². The second-order valence-corrected chi connectivity index (χ2v) is 9.89. The molecule has 0 spiro atoms. The third kappa shape index (κ3) is 5.43. The van der Waals surface area contributed by atoms with Crippen molar-refractivity contribution in [2.45, 2.75) is 18.7 Å². The lowest BCUT2D eigenvalue weighted by Crippen LogP contribution is -2.35. The minimum Gasteiger partial charge on any atom is -0.382 e. The summed E-state index contributed by atoms with van der Waals surface area (Å²) in [5.74, 6) is 1.06. The van der Waals surface area contributed by atoms with Crippen LogP contribution in [0.4, 0.5) is 5.82 Å². The second-order valence-electron chi connectivity index (χ2n) is 8.06. The van der Waals surface area contributed by atoms with Crippen molar-refractivity contribution in [3.05, 3.63) is 77.8 Å². The maximum absolute atomic E-state index is 14.1. The first-order chi connectivity index (χ1) is 17.9. The van der Waals surface area contributed by atoms with Gasteiger partial charge in [-0.05, 0) is 37.6 Å². The number of hydrogen-bond acceptors (Lipinski definition) is 9. The van der Waals surface area contributed by atoms with Crippen LogP contribution in [0.25, 0.3) is 22.5 Å². The van der Waals surface area contributed by atoms with E-state index in [-0.39, 0.29) is 24.1 Å². The predicted octanol–water partition coefficient (Wildman–Crippen LogP) is 4.04. The molecule has 2 aromatic carbocycles. The molecule has 2 heterocycles. The summed E-state index contributed by atoms with van der Waals surface area (Å²) in [4.78, 5) is 20.5. The topological polar surface area (TPSA) is 125 Å². The number of benzene rings is 2. The lowest BCUT2D eigenvalue weighted by atomic mass is 9.98. The van der Waals surface area contributed by atoms with Gasteiger partial charge >= 0.3 is 0 Å². The first-order valence-corrected chi connectivity index (χ1v) is 12.8. The first-order valence-electron chi connectivity index (χ1n) is 11.4. The van der Waals surface area contributed by atoms with E-state index in [4.69, 9.17) is 14.0 Å². The van der Waals surface area contributed by atoms with Gasteiger partial charge in [0.2, 0.25) is 0 Å². The van der Waals surface area contributed by atoms with Gasteiger partial charge in [-0.1, -0.05) is 35.5 Å². The van der Waals surface area contributed by atoms with Crippen LogP contribution < -0.4 is 4.31 Å². The number of carbonyl (C=O) groups excluding carboxylic acids is 1. The van der Waals surface area contributed by atoms with Crippen LogP contribution in [0.3, 0.4) is 0 Å². The summed E-state index contributed by atoms with van der Waals surface area (Å²) in [5, 5.41) is 3.98. The van der Waals surface area contributed by atoms with Gasteiger partial charge in [0.1, 0.15) is 12.5 Å². The summed E-state index contributed by atoms with van der Waals surface area (Å²) >= 11 is 0. The highest BCUT2D eigenvalue weighted by Gasteiger charge is 2.32. The Morgan fingerprint density at radius 3 is 2.43 bits per heavy atom. The van der Waals surface area contributed by atoms with E-state index in [2.05, 4.69) is 15.1 Å². The van der Waals surface area contributed by atoms with E-state index >= 15 is 0 Å². The Kier molecular flexibility index (Phi) is 8.07. The lowest BCUT2D eigenvalue weighted by molar-refractivity contribution is 0.0753. The number of aryl methyl sites for hydroxylation is 1. The Balaban J connectivity index is 1.81. The number of aldehydes is 1. The van der Waals surface area contributed by atoms with Crippen molar-refractivity contribution in [3.8, 4) is 22.5 Å². The van der Waals surface area contributed by atoms with E-state index in [9.17, 15) is 13.2 Å². The quantitative estimate of drug-likeness (QED) is 0.163. The first kappa shape index (κ1) is 26.1. The van der Waals surface area contributed by atoms with Gasteiger partial charge in [0, 0.05) is 41.8 Å². The van der Waals surface area contributed by atoms with Crippen LogP contribution in [0.5, 0.6) is 0 Å². The van der Waals surface area contributed by atoms with Crippen LogP contribution in [0.2, 0.25) is 0 Å². The van der Waals surface area contributed by atoms with Crippen molar-refractivity contribution in [1.82, 2.24) is 15.1 Å². The number of hydrogen-bond donors (Lipinski definition) is 0. The van der Waals surface area contributed by atoms with Crippen LogP contribution in [-0.2, 0) is 19.5 Å². The van der Waals surface area contributed by atoms with Crippen LogP contribution in [0.1, 0.15) is 21.7 Å². The van der Waals surface area contributed by atoms with Gasteiger partial charge in [-0.25, -0.2) is 22.7 Å². The van der Waals surface area contributed by atoms with Gasteiger partial charge in [-0.15, -0.1) is 0 Å². The predicted molar refractivity (Wildman–Crippen MR) is 137 cm³/mol. The van der Waals surface area contributed by atoms with Crippen molar-refractivity contribution < 1.29 is 27.2 Å². The van der Waals surface area contributed by atoms with Crippen molar-refractivity contribution in [2.24, 2.45) is 0 Å². The standard InChI is InChI=1S/C26H26N4O6S/c1-18-19(2)36-29-26(18)30(17-35-14-13-34-3)37(32,33)24-8-5-4-7-23(24)22-10-9-20(15-21(22)16-31)25-27-11-6-12-28-25/h4-12,15-16H,13-14,17H2,1-3H3. The van der Waals surface area contributed by atoms with Crippen molar-refractivity contribution in [2.75, 3.05) is 31.4 Å². The van der Waals surface area contributed by atoms with E-state index in [1.165, 1.54) is 13.2 Å². The van der Waals surface area contributed by atoms with Crippen LogP contribution >= 0.6 is 0 Å². The highest BCUT2D eigenvalue weighted by Crippen LogP contribution is 2.35. The highest BCUT2D eigenvalue weighted by molar-refractivity contribution is 7.93. The molecular weight excluding hydrogens is 496 g/mol. The summed E-state index contributed by atoms with van der Waals surface area (Å²) in [6, 6.07) is 13.2. The molecule has 0 aliphatic rings. The summed E-state index contributed by atoms with van der Waals surface area (Å²) < 4.78 is 45.0. The van der Waals surface area contributed by atoms with Crippen molar-refractivity contribution in [1.29, 1.82) is 0 Å². The van der Waals surface area contributed by atoms with Crippen LogP contribution in [0.15, 0.2) is 70.3 Å². The largest absolute Gasteiger partial charge is 0.382 e. The normalized spacial score (nSPS) is 11.4. The molecule has 0 saturated carbocycles.